The first kappa shape index (κ1) is 26.8. The second-order valence-corrected chi connectivity index (χ2v) is 8.78. The highest BCUT2D eigenvalue weighted by molar-refractivity contribution is 6.18. The fraction of sp³-hybridized carbons (Fsp3) is 0.440. The van der Waals surface area contributed by atoms with Crippen molar-refractivity contribution in [1.29, 1.82) is 0 Å². The topological polar surface area (TPSA) is 114 Å². The van der Waals surface area contributed by atoms with Crippen LogP contribution in [0.3, 0.4) is 0 Å². The van der Waals surface area contributed by atoms with Crippen molar-refractivity contribution in [3.05, 3.63) is 71.1 Å². The Balaban J connectivity index is 1.91. The van der Waals surface area contributed by atoms with E-state index < -0.39 is 6.10 Å². The second-order valence-electron chi connectivity index (χ2n) is 8.48. The Morgan fingerprint density at radius 3 is 2.00 bits per heavy atom. The Morgan fingerprint density at radius 2 is 1.55 bits per heavy atom. The van der Waals surface area contributed by atoms with Crippen LogP contribution in [0.1, 0.15) is 38.3 Å². The quantitative estimate of drug-likeness (QED) is 0.152. The van der Waals surface area contributed by atoms with E-state index in [0.717, 1.165) is 16.9 Å². The monoisotopic (exact) mass is 477 g/mol. The van der Waals surface area contributed by atoms with Gasteiger partial charge in [0.05, 0.1) is 24.8 Å². The molecule has 6 N–H and O–H groups in total. The predicted molar refractivity (Wildman–Crippen MR) is 132 cm³/mol. The molecule has 0 aromatic heterocycles. The number of alkyl halides is 1. The molecule has 0 bridgehead atoms. The summed E-state index contributed by atoms with van der Waals surface area (Å²) in [4.78, 5) is 0. The Bertz CT molecular complexity index is 882. The number of aliphatic hydroxyl groups excluding tert-OH is 2. The maximum atomic E-state index is 9.53. The minimum Gasteiger partial charge on any atom is -0.494 e. The van der Waals surface area contributed by atoms with Gasteiger partial charge in [0, 0.05) is 24.1 Å². The normalized spacial score (nSPS) is 13.3. The van der Waals surface area contributed by atoms with Crippen molar-refractivity contribution >= 4 is 11.6 Å². The first-order valence-corrected chi connectivity index (χ1v) is 11.5. The van der Waals surface area contributed by atoms with Crippen molar-refractivity contribution in [2.45, 2.75) is 38.7 Å². The molecule has 0 heterocycles. The molecule has 0 saturated heterocycles. The van der Waals surface area contributed by atoms with Crippen molar-refractivity contribution in [2.75, 3.05) is 32.2 Å². The Hall–Kier alpha value is -2.45. The standard InChI is InChI=1S/C25H36ClN3O4/c1-18(27)24(16-30)29(28)13-4-14-32-22-9-5-19(6-10-22)25(2,3)20-7-11-23(12-8-20)33-17-21(31)15-26/h5-12,21,30-31H,4,13-17,27-28H2,1-3H3/b24-18-. The molecule has 0 aliphatic rings. The highest BCUT2D eigenvalue weighted by Crippen LogP contribution is 2.33. The predicted octanol–water partition coefficient (Wildman–Crippen LogP) is 3.12. The number of ether oxygens (including phenoxy) is 2. The van der Waals surface area contributed by atoms with E-state index in [1.165, 1.54) is 5.01 Å². The van der Waals surface area contributed by atoms with E-state index in [9.17, 15) is 10.2 Å². The van der Waals surface area contributed by atoms with Gasteiger partial charge in [0.25, 0.3) is 0 Å². The summed E-state index contributed by atoms with van der Waals surface area (Å²) in [6.07, 6.45) is 0.0133. The van der Waals surface area contributed by atoms with Crippen LogP contribution in [0, 0.1) is 0 Å². The van der Waals surface area contributed by atoms with E-state index in [0.29, 0.717) is 36.7 Å². The van der Waals surface area contributed by atoms with Gasteiger partial charge in [-0.25, -0.2) is 5.84 Å². The summed E-state index contributed by atoms with van der Waals surface area (Å²) < 4.78 is 11.4. The number of hydrazine groups is 1. The smallest absolute Gasteiger partial charge is 0.119 e. The van der Waals surface area contributed by atoms with Gasteiger partial charge >= 0.3 is 0 Å². The van der Waals surface area contributed by atoms with Gasteiger partial charge in [0.1, 0.15) is 24.2 Å². The zero-order valence-electron chi connectivity index (χ0n) is 19.6. The molecule has 0 spiro atoms. The van der Waals surface area contributed by atoms with Crippen LogP contribution in [-0.4, -0.2) is 53.6 Å². The molecule has 1 unspecified atom stereocenters. The number of hydrogen-bond donors (Lipinski definition) is 4. The van der Waals surface area contributed by atoms with Gasteiger partial charge in [-0.1, -0.05) is 38.1 Å². The molecule has 0 aliphatic carbocycles. The minimum atomic E-state index is -0.678. The van der Waals surface area contributed by atoms with Crippen LogP contribution in [0.25, 0.3) is 0 Å². The number of rotatable bonds is 13. The van der Waals surface area contributed by atoms with Crippen molar-refractivity contribution in [2.24, 2.45) is 11.6 Å². The van der Waals surface area contributed by atoms with E-state index in [1.54, 1.807) is 6.92 Å². The number of nitrogens with zero attached hydrogens (tertiary/aromatic N) is 1. The van der Waals surface area contributed by atoms with Crippen molar-refractivity contribution in [3.8, 4) is 11.5 Å². The molecule has 2 aromatic carbocycles. The Labute approximate surface area is 201 Å². The van der Waals surface area contributed by atoms with E-state index >= 15 is 0 Å². The molecule has 2 aromatic rings. The summed E-state index contributed by atoms with van der Waals surface area (Å²) >= 11 is 5.60. The maximum absolute atomic E-state index is 9.53. The van der Waals surface area contributed by atoms with E-state index in [1.807, 2.05) is 36.4 Å². The van der Waals surface area contributed by atoms with Gasteiger partial charge in [-0.2, -0.15) is 0 Å². The average molecular weight is 478 g/mol. The fourth-order valence-corrected chi connectivity index (χ4v) is 3.43. The van der Waals surface area contributed by atoms with Gasteiger partial charge in [-0.3, -0.25) is 0 Å². The van der Waals surface area contributed by atoms with E-state index in [-0.39, 0.29) is 24.5 Å². The first-order valence-electron chi connectivity index (χ1n) is 11.0. The van der Waals surface area contributed by atoms with Gasteiger partial charge in [-0.15, -0.1) is 11.6 Å². The lowest BCUT2D eigenvalue weighted by Gasteiger charge is -2.26. The molecular weight excluding hydrogens is 442 g/mol. The molecule has 8 heteroatoms. The van der Waals surface area contributed by atoms with Crippen LogP contribution < -0.4 is 21.1 Å². The van der Waals surface area contributed by atoms with Crippen LogP contribution in [-0.2, 0) is 5.41 Å². The average Bonchev–Trinajstić information content (AvgIpc) is 2.81. The molecule has 33 heavy (non-hydrogen) atoms. The number of benzene rings is 2. The van der Waals surface area contributed by atoms with E-state index in [2.05, 4.69) is 26.0 Å². The fourth-order valence-electron chi connectivity index (χ4n) is 3.34. The molecule has 0 fully saturated rings. The minimum absolute atomic E-state index is 0.145. The molecule has 182 valence electrons. The third kappa shape index (κ3) is 7.82. The van der Waals surface area contributed by atoms with Gasteiger partial charge in [0.2, 0.25) is 0 Å². The maximum Gasteiger partial charge on any atom is 0.119 e. The summed E-state index contributed by atoms with van der Waals surface area (Å²) in [7, 11) is 0. The summed E-state index contributed by atoms with van der Waals surface area (Å²) in [6.45, 7) is 7.04. The van der Waals surface area contributed by atoms with Gasteiger partial charge < -0.3 is 30.4 Å². The lowest BCUT2D eigenvalue weighted by atomic mass is 9.78. The highest BCUT2D eigenvalue weighted by atomic mass is 35.5. The number of nitrogens with two attached hydrogens (primary N) is 2. The van der Waals surface area contributed by atoms with Crippen molar-refractivity contribution < 1.29 is 19.7 Å². The molecular formula is C25H36ClN3O4. The molecule has 0 radical (unpaired) electrons. The van der Waals surface area contributed by atoms with Crippen LogP contribution in [0.2, 0.25) is 0 Å². The van der Waals surface area contributed by atoms with Crippen LogP contribution in [0.5, 0.6) is 11.5 Å². The Kier molecular flexibility index (Phi) is 10.3. The molecule has 2 rings (SSSR count). The van der Waals surface area contributed by atoms with Crippen LogP contribution in [0.15, 0.2) is 59.9 Å². The number of hydrogen-bond acceptors (Lipinski definition) is 7. The van der Waals surface area contributed by atoms with Crippen LogP contribution >= 0.6 is 11.6 Å². The number of halogens is 1. The summed E-state index contributed by atoms with van der Waals surface area (Å²) in [6, 6.07) is 15.9. The number of allylic oxidation sites excluding steroid dienone is 1. The molecule has 0 saturated carbocycles. The zero-order valence-corrected chi connectivity index (χ0v) is 20.4. The first-order chi connectivity index (χ1) is 15.7. The SMILES string of the molecule is C/C(N)=C(\CO)N(N)CCCOc1ccc(C(C)(C)c2ccc(OCC(O)CCl)cc2)cc1. The second kappa shape index (κ2) is 12.7. The third-order valence-corrected chi connectivity index (χ3v) is 5.89. The zero-order chi connectivity index (χ0) is 24.4. The van der Waals surface area contributed by atoms with Crippen molar-refractivity contribution in [1.82, 2.24) is 5.01 Å². The lowest BCUT2D eigenvalue weighted by molar-refractivity contribution is 0.125. The summed E-state index contributed by atoms with van der Waals surface area (Å²) in [5.74, 6) is 7.56. The van der Waals surface area contributed by atoms with Crippen molar-refractivity contribution in [3.63, 3.8) is 0 Å². The largest absolute Gasteiger partial charge is 0.494 e. The molecule has 1 atom stereocenters. The van der Waals surface area contributed by atoms with Crippen LogP contribution in [0.4, 0.5) is 0 Å². The molecule has 0 amide bonds. The highest BCUT2D eigenvalue weighted by Gasteiger charge is 2.23. The molecule has 7 nitrogen and oxygen atoms in total. The summed E-state index contributed by atoms with van der Waals surface area (Å²) in [5.41, 5.74) is 8.84. The molecule has 0 aliphatic heterocycles. The number of aliphatic hydroxyl groups is 2. The van der Waals surface area contributed by atoms with Gasteiger partial charge in [-0.05, 0) is 42.3 Å². The third-order valence-electron chi connectivity index (χ3n) is 5.54. The lowest BCUT2D eigenvalue weighted by Crippen LogP contribution is -2.35. The summed E-state index contributed by atoms with van der Waals surface area (Å²) in [5, 5.41) is 20.3. The van der Waals surface area contributed by atoms with Gasteiger partial charge in [0.15, 0.2) is 0 Å². The van der Waals surface area contributed by atoms with E-state index in [4.69, 9.17) is 32.7 Å². The Morgan fingerprint density at radius 1 is 1.03 bits per heavy atom.